The Balaban J connectivity index is 1.84. The highest BCUT2D eigenvalue weighted by Gasteiger charge is 2.45. The van der Waals surface area contributed by atoms with Gasteiger partial charge in [-0.3, -0.25) is 4.79 Å². The van der Waals surface area contributed by atoms with Crippen molar-refractivity contribution in [2.45, 2.75) is 36.1 Å². The molecule has 1 aromatic carbocycles. The molecule has 20 heavy (non-hydrogen) atoms. The van der Waals surface area contributed by atoms with E-state index in [-0.39, 0.29) is 5.92 Å². The second-order valence-corrected chi connectivity index (χ2v) is 6.42. The predicted octanol–water partition coefficient (Wildman–Crippen LogP) is 2.76. The van der Waals surface area contributed by atoms with Gasteiger partial charge in [-0.25, -0.2) is 0 Å². The highest BCUT2D eigenvalue weighted by Crippen LogP contribution is 2.37. The molecule has 0 heterocycles. The van der Waals surface area contributed by atoms with Gasteiger partial charge in [-0.05, 0) is 55.2 Å². The van der Waals surface area contributed by atoms with Crippen LogP contribution in [0.15, 0.2) is 29.2 Å². The van der Waals surface area contributed by atoms with Gasteiger partial charge in [0, 0.05) is 4.90 Å². The smallest absolute Gasteiger partial charge is 0.323 e. The average Bonchev–Trinajstić information content (AvgIpc) is 2.82. The molecule has 1 aliphatic carbocycles. The molecule has 1 saturated carbocycles. The van der Waals surface area contributed by atoms with Crippen LogP contribution in [0.3, 0.4) is 0 Å². The minimum Gasteiger partial charge on any atom is -0.497 e. The summed E-state index contributed by atoms with van der Waals surface area (Å²) in [6, 6.07) is 7.90. The van der Waals surface area contributed by atoms with Crippen LogP contribution in [-0.2, 0) is 4.79 Å². The summed E-state index contributed by atoms with van der Waals surface area (Å²) in [5, 5.41) is 9.27. The van der Waals surface area contributed by atoms with E-state index >= 15 is 0 Å². The standard InChI is InChI=1S/C15H21NO3S/c1-19-12-4-6-13(7-5-12)20-10-8-11-3-2-9-15(11,16)14(17)18/h4-7,11H,2-3,8-10,16H2,1H3,(H,17,18). The molecule has 0 radical (unpaired) electrons. The van der Waals surface area contributed by atoms with Crippen molar-refractivity contribution in [3.8, 4) is 5.75 Å². The molecule has 0 aromatic heterocycles. The number of thioether (sulfide) groups is 1. The van der Waals surface area contributed by atoms with E-state index in [4.69, 9.17) is 10.5 Å². The first-order chi connectivity index (χ1) is 9.56. The normalized spacial score (nSPS) is 25.6. The van der Waals surface area contributed by atoms with Crippen molar-refractivity contribution in [3.63, 3.8) is 0 Å². The molecular weight excluding hydrogens is 274 g/mol. The monoisotopic (exact) mass is 295 g/mol. The number of carboxylic acid groups (broad SMARTS) is 1. The zero-order valence-electron chi connectivity index (χ0n) is 11.7. The summed E-state index contributed by atoms with van der Waals surface area (Å²) in [7, 11) is 1.65. The van der Waals surface area contributed by atoms with Crippen LogP contribution < -0.4 is 10.5 Å². The molecule has 0 saturated heterocycles. The van der Waals surface area contributed by atoms with E-state index in [1.54, 1.807) is 18.9 Å². The van der Waals surface area contributed by atoms with E-state index in [2.05, 4.69) is 0 Å². The summed E-state index contributed by atoms with van der Waals surface area (Å²) in [5.74, 6) is 0.973. The molecular formula is C15H21NO3S. The Morgan fingerprint density at radius 3 is 2.80 bits per heavy atom. The lowest BCUT2D eigenvalue weighted by atomic mass is 9.86. The fourth-order valence-corrected chi connectivity index (χ4v) is 3.74. The van der Waals surface area contributed by atoms with Gasteiger partial charge >= 0.3 is 5.97 Å². The van der Waals surface area contributed by atoms with Crippen molar-refractivity contribution in [2.24, 2.45) is 11.7 Å². The number of carbonyl (C=O) groups is 1. The Morgan fingerprint density at radius 2 is 2.20 bits per heavy atom. The molecule has 2 unspecified atom stereocenters. The number of benzene rings is 1. The molecule has 4 nitrogen and oxygen atoms in total. The molecule has 5 heteroatoms. The minimum absolute atomic E-state index is 0.0887. The van der Waals surface area contributed by atoms with Crippen molar-refractivity contribution in [2.75, 3.05) is 12.9 Å². The fraction of sp³-hybridized carbons (Fsp3) is 0.533. The maximum Gasteiger partial charge on any atom is 0.323 e. The maximum atomic E-state index is 11.3. The van der Waals surface area contributed by atoms with Gasteiger partial charge < -0.3 is 15.6 Å². The van der Waals surface area contributed by atoms with Crippen LogP contribution in [-0.4, -0.2) is 29.5 Å². The van der Waals surface area contributed by atoms with Gasteiger partial charge in [0.1, 0.15) is 11.3 Å². The summed E-state index contributed by atoms with van der Waals surface area (Å²) in [5.41, 5.74) is 5.02. The van der Waals surface area contributed by atoms with Crippen LogP contribution in [0.2, 0.25) is 0 Å². The lowest BCUT2D eigenvalue weighted by Crippen LogP contribution is -2.51. The van der Waals surface area contributed by atoms with Crippen LogP contribution in [0.1, 0.15) is 25.7 Å². The molecule has 3 N–H and O–H groups in total. The van der Waals surface area contributed by atoms with Crippen LogP contribution in [0.5, 0.6) is 5.75 Å². The van der Waals surface area contributed by atoms with E-state index < -0.39 is 11.5 Å². The Bertz CT molecular complexity index is 463. The van der Waals surface area contributed by atoms with Gasteiger partial charge in [0.2, 0.25) is 0 Å². The molecule has 0 aliphatic heterocycles. The van der Waals surface area contributed by atoms with Gasteiger partial charge in [0.25, 0.3) is 0 Å². The summed E-state index contributed by atoms with van der Waals surface area (Å²) < 4.78 is 5.12. The molecule has 2 rings (SSSR count). The van der Waals surface area contributed by atoms with Gasteiger partial charge in [-0.2, -0.15) is 0 Å². The highest BCUT2D eigenvalue weighted by atomic mass is 32.2. The number of hydrogen-bond acceptors (Lipinski definition) is 4. The van der Waals surface area contributed by atoms with Gasteiger partial charge in [-0.15, -0.1) is 11.8 Å². The van der Waals surface area contributed by atoms with Crippen LogP contribution >= 0.6 is 11.8 Å². The third kappa shape index (κ3) is 3.27. The van der Waals surface area contributed by atoms with Gasteiger partial charge in [-0.1, -0.05) is 6.42 Å². The molecule has 2 atom stereocenters. The Labute approximate surface area is 123 Å². The van der Waals surface area contributed by atoms with Crippen molar-refractivity contribution in [1.29, 1.82) is 0 Å². The molecule has 0 bridgehead atoms. The zero-order chi connectivity index (χ0) is 14.6. The van der Waals surface area contributed by atoms with Crippen molar-refractivity contribution in [3.05, 3.63) is 24.3 Å². The number of aliphatic carboxylic acids is 1. The number of rotatable bonds is 6. The number of nitrogens with two attached hydrogens (primary N) is 1. The largest absolute Gasteiger partial charge is 0.497 e. The first-order valence-electron chi connectivity index (χ1n) is 6.85. The van der Waals surface area contributed by atoms with E-state index in [9.17, 15) is 9.90 Å². The molecule has 1 aromatic rings. The number of ether oxygens (including phenoxy) is 1. The molecule has 1 aliphatic rings. The highest BCUT2D eigenvalue weighted by molar-refractivity contribution is 7.99. The minimum atomic E-state index is -1.01. The third-order valence-corrected chi connectivity index (χ3v) is 5.11. The number of carboxylic acids is 1. The van der Waals surface area contributed by atoms with E-state index in [0.717, 1.165) is 30.8 Å². The lowest BCUT2D eigenvalue weighted by Gasteiger charge is -2.26. The summed E-state index contributed by atoms with van der Waals surface area (Å²) >= 11 is 1.73. The lowest BCUT2D eigenvalue weighted by molar-refractivity contribution is -0.144. The SMILES string of the molecule is COc1ccc(SCCC2CCCC2(N)C(=O)O)cc1. The third-order valence-electron chi connectivity index (χ3n) is 4.06. The van der Waals surface area contributed by atoms with Crippen molar-refractivity contribution in [1.82, 2.24) is 0 Å². The van der Waals surface area contributed by atoms with Crippen molar-refractivity contribution < 1.29 is 14.6 Å². The summed E-state index contributed by atoms with van der Waals surface area (Å²) in [6.07, 6.45) is 3.28. The number of methoxy groups -OCH3 is 1. The maximum absolute atomic E-state index is 11.3. The predicted molar refractivity (Wildman–Crippen MR) is 80.2 cm³/mol. The van der Waals surface area contributed by atoms with Gasteiger partial charge in [0.15, 0.2) is 0 Å². The van der Waals surface area contributed by atoms with Crippen LogP contribution in [0.25, 0.3) is 0 Å². The Kier molecular flexibility index (Phi) is 4.94. The van der Waals surface area contributed by atoms with E-state index in [1.807, 2.05) is 24.3 Å². The summed E-state index contributed by atoms with van der Waals surface area (Å²) in [6.45, 7) is 0. The van der Waals surface area contributed by atoms with Crippen molar-refractivity contribution >= 4 is 17.7 Å². The molecule has 1 fully saturated rings. The Hall–Kier alpha value is -1.20. The van der Waals surface area contributed by atoms with Crippen LogP contribution in [0, 0.1) is 5.92 Å². The van der Waals surface area contributed by atoms with Gasteiger partial charge in [0.05, 0.1) is 7.11 Å². The topological polar surface area (TPSA) is 72.5 Å². The number of hydrogen-bond donors (Lipinski definition) is 2. The van der Waals surface area contributed by atoms with Crippen LogP contribution in [0.4, 0.5) is 0 Å². The fourth-order valence-electron chi connectivity index (χ4n) is 2.78. The first-order valence-corrected chi connectivity index (χ1v) is 7.84. The van der Waals surface area contributed by atoms with E-state index in [0.29, 0.717) is 6.42 Å². The first kappa shape index (κ1) is 15.2. The Morgan fingerprint density at radius 1 is 1.50 bits per heavy atom. The molecule has 0 spiro atoms. The zero-order valence-corrected chi connectivity index (χ0v) is 12.5. The quantitative estimate of drug-likeness (QED) is 0.790. The molecule has 110 valence electrons. The second kappa shape index (κ2) is 6.50. The van der Waals surface area contributed by atoms with E-state index in [1.165, 1.54) is 4.90 Å². The summed E-state index contributed by atoms with van der Waals surface area (Å²) in [4.78, 5) is 12.5. The second-order valence-electron chi connectivity index (χ2n) is 5.25. The molecule has 0 amide bonds. The average molecular weight is 295 g/mol.